The van der Waals surface area contributed by atoms with Crippen molar-refractivity contribution in [3.63, 3.8) is 0 Å². The molecule has 0 saturated carbocycles. The number of esters is 1. The number of benzene rings is 2. The summed E-state index contributed by atoms with van der Waals surface area (Å²) in [5.74, 6) is -0.699. The summed E-state index contributed by atoms with van der Waals surface area (Å²) >= 11 is 0. The summed E-state index contributed by atoms with van der Waals surface area (Å²) < 4.78 is 32.9. The maximum Gasteiger partial charge on any atom is 0.328 e. The predicted molar refractivity (Wildman–Crippen MR) is 114 cm³/mol. The molecule has 1 unspecified atom stereocenters. The molecule has 30 heavy (non-hydrogen) atoms. The second kappa shape index (κ2) is 9.30. The third kappa shape index (κ3) is 4.99. The van der Waals surface area contributed by atoms with Crippen LogP contribution in [-0.4, -0.2) is 44.4 Å². The summed E-state index contributed by atoms with van der Waals surface area (Å²) in [5.41, 5.74) is 1.83. The smallest absolute Gasteiger partial charge is 0.328 e. The van der Waals surface area contributed by atoms with E-state index in [1.54, 1.807) is 19.1 Å². The number of likely N-dealkylation sites (tertiary alicyclic amines) is 1. The van der Waals surface area contributed by atoms with Crippen molar-refractivity contribution < 1.29 is 22.7 Å². The van der Waals surface area contributed by atoms with E-state index < -0.39 is 22.0 Å². The van der Waals surface area contributed by atoms with E-state index in [2.05, 4.69) is 4.72 Å². The van der Waals surface area contributed by atoms with Crippen molar-refractivity contribution in [3.05, 3.63) is 59.7 Å². The van der Waals surface area contributed by atoms with Gasteiger partial charge in [-0.05, 0) is 69.5 Å². The molecular formula is C22H26N2O5S. The van der Waals surface area contributed by atoms with E-state index >= 15 is 0 Å². The Morgan fingerprint density at radius 2 is 1.73 bits per heavy atom. The number of carbonyl (C=O) groups excluding carboxylic acids is 2. The molecule has 7 nitrogen and oxygen atoms in total. The van der Waals surface area contributed by atoms with Crippen molar-refractivity contribution >= 4 is 27.6 Å². The molecule has 160 valence electrons. The quantitative estimate of drug-likeness (QED) is 0.710. The van der Waals surface area contributed by atoms with Crippen LogP contribution in [0.15, 0.2) is 53.4 Å². The number of ether oxygens (including phenoxy) is 1. The lowest BCUT2D eigenvalue weighted by atomic mass is 10.0. The molecule has 1 fully saturated rings. The van der Waals surface area contributed by atoms with Gasteiger partial charge in [-0.15, -0.1) is 0 Å². The largest absolute Gasteiger partial charge is 0.464 e. The number of aryl methyl sites for hydroxylation is 1. The Kier molecular flexibility index (Phi) is 6.77. The number of amides is 1. The van der Waals surface area contributed by atoms with Gasteiger partial charge in [0.25, 0.3) is 15.9 Å². The fraction of sp³-hybridized carbons (Fsp3) is 0.364. The molecule has 1 atom stereocenters. The minimum absolute atomic E-state index is 0.0558. The summed E-state index contributed by atoms with van der Waals surface area (Å²) in [6, 6.07) is 12.2. The first-order chi connectivity index (χ1) is 14.3. The number of piperidine rings is 1. The van der Waals surface area contributed by atoms with Crippen molar-refractivity contribution in [2.24, 2.45) is 0 Å². The molecule has 0 spiro atoms. The number of carbonyl (C=O) groups is 2. The minimum Gasteiger partial charge on any atom is -0.464 e. The minimum atomic E-state index is -3.77. The van der Waals surface area contributed by atoms with E-state index in [1.807, 2.05) is 19.1 Å². The zero-order chi connectivity index (χ0) is 21.7. The van der Waals surface area contributed by atoms with Gasteiger partial charge in [0, 0.05) is 17.8 Å². The summed E-state index contributed by atoms with van der Waals surface area (Å²) in [7, 11) is -3.77. The molecule has 2 aromatic carbocycles. The van der Waals surface area contributed by atoms with E-state index in [9.17, 15) is 18.0 Å². The lowest BCUT2D eigenvalue weighted by molar-refractivity contribution is -0.149. The number of hydrogen-bond donors (Lipinski definition) is 1. The van der Waals surface area contributed by atoms with Crippen molar-refractivity contribution in [2.45, 2.75) is 44.0 Å². The van der Waals surface area contributed by atoms with Crippen LogP contribution in [0, 0.1) is 6.92 Å². The van der Waals surface area contributed by atoms with Crippen molar-refractivity contribution in [1.29, 1.82) is 0 Å². The molecule has 8 heteroatoms. The molecule has 0 aliphatic carbocycles. The average molecular weight is 431 g/mol. The monoisotopic (exact) mass is 430 g/mol. The number of rotatable bonds is 6. The first-order valence-corrected chi connectivity index (χ1v) is 11.5. The Morgan fingerprint density at radius 1 is 1.07 bits per heavy atom. The number of nitrogens with one attached hydrogen (secondary N) is 1. The highest BCUT2D eigenvalue weighted by atomic mass is 32.2. The van der Waals surface area contributed by atoms with Gasteiger partial charge >= 0.3 is 5.97 Å². The Balaban J connectivity index is 1.76. The number of hydrogen-bond acceptors (Lipinski definition) is 5. The second-order valence-corrected chi connectivity index (χ2v) is 8.94. The number of sulfonamides is 1. The van der Waals surface area contributed by atoms with Gasteiger partial charge in [-0.2, -0.15) is 0 Å². The Morgan fingerprint density at radius 3 is 2.37 bits per heavy atom. The van der Waals surface area contributed by atoms with Crippen LogP contribution >= 0.6 is 0 Å². The molecule has 1 amide bonds. The van der Waals surface area contributed by atoms with E-state index in [-0.39, 0.29) is 17.4 Å². The third-order valence-electron chi connectivity index (χ3n) is 5.04. The lowest BCUT2D eigenvalue weighted by Gasteiger charge is -2.34. The van der Waals surface area contributed by atoms with Crippen LogP contribution in [0.3, 0.4) is 0 Å². The molecule has 1 aliphatic heterocycles. The zero-order valence-corrected chi connectivity index (χ0v) is 17.9. The topological polar surface area (TPSA) is 92.8 Å². The maximum atomic E-state index is 13.0. The van der Waals surface area contributed by atoms with Crippen molar-refractivity contribution in [1.82, 2.24) is 4.90 Å². The molecule has 1 aliphatic rings. The first-order valence-electron chi connectivity index (χ1n) is 9.99. The fourth-order valence-electron chi connectivity index (χ4n) is 3.44. The van der Waals surface area contributed by atoms with Crippen LogP contribution in [0.2, 0.25) is 0 Å². The van der Waals surface area contributed by atoms with Gasteiger partial charge < -0.3 is 9.64 Å². The van der Waals surface area contributed by atoms with Gasteiger partial charge in [0.15, 0.2) is 0 Å². The van der Waals surface area contributed by atoms with Gasteiger partial charge in [0.2, 0.25) is 0 Å². The van der Waals surface area contributed by atoms with Crippen LogP contribution in [-0.2, 0) is 19.6 Å². The zero-order valence-electron chi connectivity index (χ0n) is 17.1. The maximum absolute atomic E-state index is 13.0. The molecule has 3 rings (SSSR count). The van der Waals surface area contributed by atoms with Gasteiger partial charge in [-0.1, -0.05) is 17.7 Å². The van der Waals surface area contributed by atoms with E-state index in [0.29, 0.717) is 24.2 Å². The van der Waals surface area contributed by atoms with Gasteiger partial charge in [0.1, 0.15) is 6.04 Å². The van der Waals surface area contributed by atoms with Crippen LogP contribution in [0.1, 0.15) is 42.1 Å². The standard InChI is InChI=1S/C22H26N2O5S/c1-3-29-22(26)20-6-4-5-15-24(20)21(25)17-9-13-19(14-10-17)30(27,28)23-18-11-7-16(2)8-12-18/h7-14,20,23H,3-6,15H2,1-2H3. The summed E-state index contributed by atoms with van der Waals surface area (Å²) in [4.78, 5) is 26.8. The van der Waals surface area contributed by atoms with Crippen LogP contribution in [0.5, 0.6) is 0 Å². The van der Waals surface area contributed by atoms with Crippen molar-refractivity contribution in [2.75, 3.05) is 17.9 Å². The van der Waals surface area contributed by atoms with Gasteiger partial charge in [0.05, 0.1) is 11.5 Å². The number of nitrogens with zero attached hydrogens (tertiary/aromatic N) is 1. The fourth-order valence-corrected chi connectivity index (χ4v) is 4.49. The van der Waals surface area contributed by atoms with Crippen LogP contribution < -0.4 is 4.72 Å². The molecule has 1 N–H and O–H groups in total. The second-order valence-electron chi connectivity index (χ2n) is 7.26. The Labute approximate surface area is 177 Å². The van der Waals surface area contributed by atoms with Crippen LogP contribution in [0.25, 0.3) is 0 Å². The van der Waals surface area contributed by atoms with E-state index in [4.69, 9.17) is 4.74 Å². The summed E-state index contributed by atoms with van der Waals surface area (Å²) in [6.07, 6.45) is 2.24. The number of anilines is 1. The lowest BCUT2D eigenvalue weighted by Crippen LogP contribution is -2.48. The predicted octanol–water partition coefficient (Wildman–Crippen LogP) is 3.35. The van der Waals surface area contributed by atoms with Gasteiger partial charge in [-0.25, -0.2) is 13.2 Å². The van der Waals surface area contributed by atoms with E-state index in [0.717, 1.165) is 18.4 Å². The first kappa shape index (κ1) is 21.8. The Hall–Kier alpha value is -2.87. The van der Waals surface area contributed by atoms with E-state index in [1.165, 1.54) is 29.2 Å². The molecule has 0 radical (unpaired) electrons. The third-order valence-corrected chi connectivity index (χ3v) is 6.43. The highest BCUT2D eigenvalue weighted by molar-refractivity contribution is 7.92. The highest BCUT2D eigenvalue weighted by Gasteiger charge is 2.33. The van der Waals surface area contributed by atoms with Crippen molar-refractivity contribution in [3.8, 4) is 0 Å². The SMILES string of the molecule is CCOC(=O)C1CCCCN1C(=O)c1ccc(S(=O)(=O)Nc2ccc(C)cc2)cc1. The summed E-state index contributed by atoms with van der Waals surface area (Å²) in [5, 5.41) is 0. The molecule has 0 bridgehead atoms. The summed E-state index contributed by atoms with van der Waals surface area (Å²) in [6.45, 7) is 4.38. The average Bonchev–Trinajstić information content (AvgIpc) is 2.75. The normalized spacial score (nSPS) is 16.7. The highest BCUT2D eigenvalue weighted by Crippen LogP contribution is 2.22. The molecule has 1 heterocycles. The Bertz CT molecular complexity index is 1000. The van der Waals surface area contributed by atoms with Gasteiger partial charge in [-0.3, -0.25) is 9.52 Å². The van der Waals surface area contributed by atoms with Crippen LogP contribution in [0.4, 0.5) is 5.69 Å². The molecule has 2 aromatic rings. The molecule has 1 saturated heterocycles. The molecule has 0 aromatic heterocycles. The molecular weight excluding hydrogens is 404 g/mol.